The molecule has 0 aliphatic carbocycles. The van der Waals surface area contributed by atoms with Crippen LogP contribution in [0.1, 0.15) is 155 Å². The van der Waals surface area contributed by atoms with Crippen LogP contribution in [0.5, 0.6) is 0 Å². The first-order valence-electron chi connectivity index (χ1n) is 50.8. The van der Waals surface area contributed by atoms with Crippen LogP contribution in [-0.2, 0) is 104 Å². The van der Waals surface area contributed by atoms with Crippen molar-refractivity contribution in [3.63, 3.8) is 0 Å². The van der Waals surface area contributed by atoms with Crippen molar-refractivity contribution in [3.8, 4) is 0 Å². The van der Waals surface area contributed by atoms with E-state index in [1.54, 1.807) is 43.4 Å². The molecule has 10 aromatic rings. The predicted molar refractivity (Wildman–Crippen MR) is 557 cm³/mol. The number of aromatic nitrogens is 8. The number of hydrogen-bond acceptors (Lipinski definition) is 19. The van der Waals surface area contributed by atoms with Crippen molar-refractivity contribution in [2.75, 3.05) is 68.5 Å². The lowest BCUT2D eigenvalue weighted by atomic mass is 9.88. The topological polar surface area (TPSA) is 512 Å². The number of carbonyl (C=O) groups is 15. The molecule has 12 amide bonds. The Labute approximate surface area is 861 Å². The average Bonchev–Trinajstić information content (AvgIpc) is 1.69. The van der Waals surface area contributed by atoms with E-state index >= 15 is 0 Å². The molecular formula is C109H146N21O18+3. The molecule has 39 heteroatoms. The van der Waals surface area contributed by atoms with Gasteiger partial charge in [0.25, 0.3) is 5.65 Å². The molecule has 39 nitrogen and oxygen atoms in total. The summed E-state index contributed by atoms with van der Waals surface area (Å²) >= 11 is 0. The number of aromatic amines is 3. The minimum Gasteiger partial charge on any atom is -0.513 e. The minimum absolute atomic E-state index is 0.181. The number of Topliss-reactive ketones (excluding diaryl/α,β-unsaturated/α-hetero) is 3. The summed E-state index contributed by atoms with van der Waals surface area (Å²) in [7, 11) is 10.9. The molecule has 12 atom stereocenters. The Kier molecular flexibility index (Phi) is 40.3. The van der Waals surface area contributed by atoms with Crippen molar-refractivity contribution >= 4 is 132 Å². The van der Waals surface area contributed by atoms with E-state index in [2.05, 4.69) is 113 Å². The number of fused-ring (bicyclic) bond motifs is 5. The van der Waals surface area contributed by atoms with Gasteiger partial charge in [-0.05, 0) is 142 Å². The molecule has 3 aliphatic heterocycles. The molecule has 15 N–H and O–H groups in total. The molecular weight excluding hydrogens is 1890 g/mol. The number of nitrogens with zero attached hydrogens (tertiary/aromatic N) is 9. The lowest BCUT2D eigenvalue weighted by Gasteiger charge is -2.34. The van der Waals surface area contributed by atoms with Gasteiger partial charge in [-0.15, -0.1) is 4.52 Å². The molecule has 0 bridgehead atoms. The molecule has 10 heterocycles. The number of para-hydroxylation sites is 3. The monoisotopic (exact) mass is 2040 g/mol. The van der Waals surface area contributed by atoms with Gasteiger partial charge in [0.05, 0.1) is 108 Å². The zero-order valence-electron chi connectivity index (χ0n) is 86.8. The lowest BCUT2D eigenvalue weighted by molar-refractivity contribution is -0.870. The normalized spacial score (nSPS) is 21.8. The van der Waals surface area contributed by atoms with Crippen molar-refractivity contribution in [2.24, 2.45) is 35.5 Å². The van der Waals surface area contributed by atoms with E-state index < -0.39 is 180 Å². The number of aliphatic hydroxyl groups excluding tert-OH is 3. The Morgan fingerprint density at radius 1 is 0.392 bits per heavy atom. The fraction of sp³-hybridized carbons (Fsp3) is 0.468. The van der Waals surface area contributed by atoms with Crippen LogP contribution in [-0.4, -0.2) is 275 Å². The summed E-state index contributed by atoms with van der Waals surface area (Å²) in [6, 6.07) is 23.4. The van der Waals surface area contributed by atoms with Crippen LogP contribution in [0, 0.1) is 35.5 Å². The lowest BCUT2D eigenvalue weighted by Crippen LogP contribution is -2.57. The van der Waals surface area contributed by atoms with Crippen LogP contribution in [0.4, 0.5) is 0 Å². The summed E-state index contributed by atoms with van der Waals surface area (Å²) in [4.78, 5) is 219. The van der Waals surface area contributed by atoms with Crippen LogP contribution in [0.3, 0.4) is 0 Å². The van der Waals surface area contributed by atoms with Crippen molar-refractivity contribution < 1.29 is 101 Å². The molecule has 7 aromatic heterocycles. The second-order valence-electron chi connectivity index (χ2n) is 41.0. The number of pyridine rings is 1. The quantitative estimate of drug-likeness (QED) is 0.00924. The average molecular weight is 2040 g/mol. The molecule has 3 aromatic carbocycles. The molecule has 3 aliphatic rings. The van der Waals surface area contributed by atoms with Gasteiger partial charge in [-0.1, -0.05) is 127 Å². The molecule has 0 spiro atoms. The van der Waals surface area contributed by atoms with Gasteiger partial charge < -0.3 is 97.3 Å². The Hall–Kier alpha value is -15.2. The number of nitrogens with one attached hydrogen (secondary N) is 12. The predicted octanol–water partition coefficient (Wildman–Crippen LogP) is 7.08. The number of unbranched alkanes of at least 4 members (excludes halogenated alkanes) is 3. The zero-order chi connectivity index (χ0) is 107. The number of benzene rings is 3. The number of amides is 12. The molecule has 3 saturated heterocycles. The van der Waals surface area contributed by atoms with Gasteiger partial charge in [-0.25, -0.2) is 13.5 Å². The first-order valence-corrected chi connectivity index (χ1v) is 50.8. The second kappa shape index (κ2) is 52.7. The van der Waals surface area contributed by atoms with E-state index in [0.29, 0.717) is 51.6 Å². The van der Waals surface area contributed by atoms with E-state index in [0.717, 1.165) is 84.6 Å². The number of ketones is 3. The number of quaternary nitrogens is 1. The molecule has 3 unspecified atom stereocenters. The summed E-state index contributed by atoms with van der Waals surface area (Å²) in [5, 5.41) is 61.2. The third-order valence-electron chi connectivity index (χ3n) is 27.3. The SMILES string of the molecule is C=C(O)C[C@@H]1NC(=O)CNC(=O)C(CCCC[N+](C)(C)C)NC(=O)[C@H](C(C)C)N(C)C(=O)[C@@H](Cc2c[nH]c3ccccc23)CC1=O.C=C(O)C[C@@H]1NC(=O)CNC(=O)C(CCCC[n+]2ccn3ccccc32)NC(=O)[C@H](C(C)C)N(C)C(=O)[C@@H](Cc2c[nH]c3ccccc23)CC1=O.C=C(O)C[C@@H]1NC(=O)CNC(=O)C(CCCC[n+]2ccn3ncccc32)NC(=O)[C@H](C(C)C)N(C)C(=O)[C@@H](Cc2c[nH]c3ccccc23)CC1=O. The van der Waals surface area contributed by atoms with Crippen LogP contribution in [0.15, 0.2) is 196 Å². The zero-order valence-corrected chi connectivity index (χ0v) is 86.8. The van der Waals surface area contributed by atoms with Crippen LogP contribution in [0.2, 0.25) is 0 Å². The maximum absolute atomic E-state index is 14.4. The number of imidazole rings is 2. The summed E-state index contributed by atoms with van der Waals surface area (Å²) in [6.45, 7) is 22.3. The third-order valence-corrected chi connectivity index (χ3v) is 27.3. The number of carbonyl (C=O) groups excluding carboxylic acids is 15. The number of aryl methyl sites for hydroxylation is 2. The van der Waals surface area contributed by atoms with Gasteiger partial charge in [0, 0.05) is 141 Å². The summed E-state index contributed by atoms with van der Waals surface area (Å²) in [5.74, 6) is -12.4. The Morgan fingerprint density at radius 2 is 0.716 bits per heavy atom. The van der Waals surface area contributed by atoms with Crippen LogP contribution >= 0.6 is 0 Å². The minimum atomic E-state index is -1.19. The largest absolute Gasteiger partial charge is 0.513 e. The van der Waals surface area contributed by atoms with E-state index in [1.807, 2.05) is 185 Å². The van der Waals surface area contributed by atoms with Crippen molar-refractivity contribution in [1.29, 1.82) is 0 Å². The second-order valence-corrected chi connectivity index (χ2v) is 41.0. The van der Waals surface area contributed by atoms with E-state index in [9.17, 15) is 87.2 Å². The molecule has 3 fully saturated rings. The van der Waals surface area contributed by atoms with Gasteiger partial charge in [0.2, 0.25) is 70.9 Å². The van der Waals surface area contributed by atoms with Crippen LogP contribution in [0.25, 0.3) is 44.0 Å². The molecule has 13 rings (SSSR count). The highest BCUT2D eigenvalue weighted by molar-refractivity contribution is 6.02. The van der Waals surface area contributed by atoms with Gasteiger partial charge in [0.15, 0.2) is 23.5 Å². The van der Waals surface area contributed by atoms with Gasteiger partial charge in [-0.2, -0.15) is 0 Å². The van der Waals surface area contributed by atoms with Crippen molar-refractivity contribution in [1.82, 2.24) is 91.5 Å². The van der Waals surface area contributed by atoms with Crippen LogP contribution < -0.4 is 57.0 Å². The summed E-state index contributed by atoms with van der Waals surface area (Å²) < 4.78 is 8.70. The smallest absolute Gasteiger partial charge is 0.307 e. The Morgan fingerprint density at radius 3 is 1.06 bits per heavy atom. The Bertz CT molecular complexity index is 6180. The van der Waals surface area contributed by atoms with Gasteiger partial charge in [0.1, 0.15) is 54.8 Å². The Balaban J connectivity index is 0.000000211. The number of hydrogen-bond donors (Lipinski definition) is 15. The molecule has 0 radical (unpaired) electrons. The number of likely N-dealkylation sites (N-methyl/N-ethyl adjacent to an activating group) is 3. The van der Waals surface area contributed by atoms with Gasteiger partial charge >= 0.3 is 5.65 Å². The van der Waals surface area contributed by atoms with E-state index in [1.165, 1.54) is 21.7 Å². The number of rotatable bonds is 30. The molecule has 792 valence electrons. The highest BCUT2D eigenvalue weighted by atomic mass is 16.3. The fourth-order valence-electron chi connectivity index (χ4n) is 19.8. The molecule has 0 saturated carbocycles. The number of H-pyrrole nitrogens is 3. The maximum Gasteiger partial charge on any atom is 0.307 e. The maximum atomic E-state index is 14.4. The van der Waals surface area contributed by atoms with Gasteiger partial charge in [-0.3, -0.25) is 71.9 Å². The van der Waals surface area contributed by atoms with Crippen molar-refractivity contribution in [3.05, 3.63) is 213 Å². The number of aliphatic hydroxyl groups is 3. The standard InChI is InChI=1S/C38H47N7O6.C37H46N8O6.C34H50N6O6/c1-24(2)35-37(50)42-30(13-7-9-15-44-17-18-45-16-10-8-14-34(44)45)36(49)40-23-33(48)41-31(19-25(3)46)32(47)21-26(38(51)43(35)4)20-27-22-39-29-12-6-5-11-28(27)29;1-23(2)34-36(50)42-29(12-7-8-15-44-16-17-45-33(44)13-9-14-40-45)35(49)39-22-32(48)41-30(18-24(3)46)31(47)20-25(37(51)43(34)4)19-26-21-38-28-11-6-5-10-27(26)28;1-21(2)31-33(45)38-27(14-10-11-15-40(5,6)7)32(44)36-20-30(43)37-28(16-22(3)41)29(42)18-23(34(46)39(31)4)17-24-19-35-26-13-9-8-12-25(24)26/h5-6,8,10-12,14,16-18,22,24,26,30-31,35,39H,3,7,9,13,15,19-21,23H2,1-2,4H3,(H3-,40,41,42,46,48,49,50);5-6,9-11,13-14,16-17,21,23,25,29-30,34,38H,3,7-8,12,15,18-20,22H2,1-2,4H3,(H3-,39,41,42,46,48,49,50);8-9,12-13,19,21,23,27-28,31,35H,3,10-11,14-18,20H2,1-2,4-7H3,(H3-,36,37,38,41,43,44,45)/p+3/t26-,30?,31-,35-;25-,29?,30-,34-;23-,27?,28-,31-/m000/s1. The summed E-state index contributed by atoms with van der Waals surface area (Å²) in [5.41, 5.74) is 7.05. The fourth-order valence-corrected chi connectivity index (χ4v) is 19.8. The highest BCUT2D eigenvalue weighted by Crippen LogP contribution is 2.32. The van der Waals surface area contributed by atoms with E-state index in [4.69, 9.17) is 0 Å². The first-order chi connectivity index (χ1) is 70.4. The van der Waals surface area contributed by atoms with Crippen molar-refractivity contribution in [2.45, 2.75) is 225 Å². The first kappa shape index (κ1) is 113. The third kappa shape index (κ3) is 31.2. The molecule has 148 heavy (non-hydrogen) atoms. The highest BCUT2D eigenvalue weighted by Gasteiger charge is 2.43. The van der Waals surface area contributed by atoms with E-state index in [-0.39, 0.29) is 99.2 Å². The summed E-state index contributed by atoms with van der Waals surface area (Å²) in [6.07, 6.45) is 20.8.